The number of amides is 1. The molecule has 0 N–H and O–H groups in total. The molecule has 0 unspecified atom stereocenters. The lowest BCUT2D eigenvalue weighted by Gasteiger charge is -2.48. The van der Waals surface area contributed by atoms with Crippen molar-refractivity contribution >= 4 is 14.4 Å². The average Bonchev–Trinajstić information content (AvgIpc) is 2.42. The molecule has 0 radical (unpaired) electrons. The summed E-state index contributed by atoms with van der Waals surface area (Å²) in [6.45, 7) is 22.5. The molecule has 0 spiro atoms. The van der Waals surface area contributed by atoms with Crippen LogP contribution in [0.4, 0.5) is 4.79 Å². The van der Waals surface area contributed by atoms with Gasteiger partial charge in [0.2, 0.25) is 8.32 Å². The van der Waals surface area contributed by atoms with Gasteiger partial charge in [-0.1, -0.05) is 41.5 Å². The molecule has 1 heterocycles. The summed E-state index contributed by atoms with van der Waals surface area (Å²) in [4.78, 5) is 14.5. The molecule has 1 amide bonds. The van der Waals surface area contributed by atoms with E-state index in [-0.39, 0.29) is 18.2 Å². The summed E-state index contributed by atoms with van der Waals surface area (Å²) < 4.78 is 12.6. The second-order valence-corrected chi connectivity index (χ2v) is 14.9. The Hall–Kier alpha value is -0.553. The monoisotopic (exact) mass is 371 g/mol. The molecule has 1 saturated heterocycles. The Balaban J connectivity index is 2.99. The van der Waals surface area contributed by atoms with Gasteiger partial charge in [-0.2, -0.15) is 0 Å². The van der Waals surface area contributed by atoms with E-state index in [1.165, 1.54) is 0 Å². The van der Waals surface area contributed by atoms with Crippen LogP contribution in [0.1, 0.15) is 82.1 Å². The molecule has 2 atom stereocenters. The molecule has 1 aliphatic rings. The van der Waals surface area contributed by atoms with Crippen molar-refractivity contribution < 1.29 is 14.0 Å². The maximum atomic E-state index is 12.6. The summed E-state index contributed by atoms with van der Waals surface area (Å²) in [7, 11) is -1.95. The van der Waals surface area contributed by atoms with Crippen LogP contribution < -0.4 is 0 Å². The van der Waals surface area contributed by atoms with Crippen LogP contribution in [0.25, 0.3) is 0 Å². The van der Waals surface area contributed by atoms with Crippen LogP contribution in [-0.2, 0) is 9.16 Å². The van der Waals surface area contributed by atoms with Gasteiger partial charge in [-0.05, 0) is 57.2 Å². The fourth-order valence-electron chi connectivity index (χ4n) is 4.51. The van der Waals surface area contributed by atoms with Gasteiger partial charge in [-0.3, -0.25) is 0 Å². The highest BCUT2D eigenvalue weighted by molar-refractivity contribution is 6.77. The molecule has 0 aliphatic carbocycles. The van der Waals surface area contributed by atoms with Gasteiger partial charge < -0.3 is 14.1 Å². The zero-order chi connectivity index (χ0) is 19.6. The third-order valence-corrected chi connectivity index (χ3v) is 11.7. The largest absolute Gasteiger partial charge is 0.444 e. The topological polar surface area (TPSA) is 38.8 Å². The predicted octanol–water partition coefficient (Wildman–Crippen LogP) is 5.97. The van der Waals surface area contributed by atoms with E-state index in [2.05, 4.69) is 48.5 Å². The third-order valence-electron chi connectivity index (χ3n) is 5.61. The lowest BCUT2D eigenvalue weighted by atomic mass is 10.0. The van der Waals surface area contributed by atoms with Crippen molar-refractivity contribution in [1.29, 1.82) is 0 Å². The molecule has 4 nitrogen and oxygen atoms in total. The fraction of sp³-hybridized carbons (Fsp3) is 0.950. The average molecular weight is 372 g/mol. The summed E-state index contributed by atoms with van der Waals surface area (Å²) in [6, 6.07) is 0.0618. The summed E-state index contributed by atoms with van der Waals surface area (Å²) in [6.07, 6.45) is 1.91. The SMILES string of the molecule is CC(C)[Si](O[C@@H]1CCCN(C(=O)OC(C)(C)C)[C@H]1C)(C(C)C)C(C)C. The second kappa shape index (κ2) is 8.42. The summed E-state index contributed by atoms with van der Waals surface area (Å²) in [5, 5.41) is 0. The molecule has 0 aromatic rings. The summed E-state index contributed by atoms with van der Waals surface area (Å²) in [5.41, 5.74) is 1.20. The third kappa shape index (κ3) is 5.22. The van der Waals surface area contributed by atoms with Crippen molar-refractivity contribution in [3.05, 3.63) is 0 Å². The Morgan fingerprint density at radius 1 is 1.04 bits per heavy atom. The minimum Gasteiger partial charge on any atom is -0.444 e. The van der Waals surface area contributed by atoms with E-state index in [1.54, 1.807) is 0 Å². The van der Waals surface area contributed by atoms with Crippen LogP contribution in [0.2, 0.25) is 16.6 Å². The number of ether oxygens (including phenoxy) is 1. The highest BCUT2D eigenvalue weighted by atomic mass is 28.4. The second-order valence-electron chi connectivity index (χ2n) is 9.53. The minimum absolute atomic E-state index is 0.0618. The van der Waals surface area contributed by atoms with Crippen LogP contribution >= 0.6 is 0 Å². The Bertz CT molecular complexity index is 421. The summed E-state index contributed by atoms with van der Waals surface area (Å²) >= 11 is 0. The lowest BCUT2D eigenvalue weighted by Crippen LogP contribution is -2.57. The van der Waals surface area contributed by atoms with Crippen molar-refractivity contribution in [3.63, 3.8) is 0 Å². The quantitative estimate of drug-likeness (QED) is 0.559. The van der Waals surface area contributed by atoms with Gasteiger partial charge in [-0.15, -0.1) is 0 Å². The van der Waals surface area contributed by atoms with Gasteiger partial charge in [0.1, 0.15) is 5.60 Å². The first-order valence-corrected chi connectivity index (χ1v) is 12.1. The highest BCUT2D eigenvalue weighted by Gasteiger charge is 2.48. The number of hydrogen-bond donors (Lipinski definition) is 0. The molecule has 0 aromatic carbocycles. The van der Waals surface area contributed by atoms with E-state index in [9.17, 15) is 4.79 Å². The molecule has 5 heteroatoms. The van der Waals surface area contributed by atoms with E-state index < -0.39 is 13.9 Å². The first-order chi connectivity index (χ1) is 11.3. The number of carbonyl (C=O) groups is 1. The van der Waals surface area contributed by atoms with Gasteiger partial charge >= 0.3 is 6.09 Å². The van der Waals surface area contributed by atoms with Crippen LogP contribution in [0.3, 0.4) is 0 Å². The van der Waals surface area contributed by atoms with Gasteiger partial charge in [0, 0.05) is 6.54 Å². The van der Waals surface area contributed by atoms with Gasteiger partial charge in [0.25, 0.3) is 0 Å². The van der Waals surface area contributed by atoms with E-state index in [0.29, 0.717) is 16.6 Å². The molecule has 1 fully saturated rings. The molecule has 1 aliphatic heterocycles. The maximum Gasteiger partial charge on any atom is 0.410 e. The number of likely N-dealkylation sites (tertiary alicyclic amines) is 1. The van der Waals surface area contributed by atoms with Crippen LogP contribution in [-0.4, -0.2) is 43.6 Å². The zero-order valence-corrected chi connectivity index (χ0v) is 19.2. The first-order valence-electron chi connectivity index (χ1n) is 10.00. The Labute approximate surface area is 156 Å². The van der Waals surface area contributed by atoms with Gasteiger partial charge in [0.15, 0.2) is 0 Å². The predicted molar refractivity (Wildman–Crippen MR) is 108 cm³/mol. The standard InChI is InChI=1S/C20H41NO3Si/c1-14(2)25(15(3)4,16(5)6)24-18-12-11-13-21(17(18)7)19(22)23-20(8,9)10/h14-18H,11-13H2,1-10H3/t17-,18+/m0/s1. The highest BCUT2D eigenvalue weighted by Crippen LogP contribution is 2.44. The Kier molecular flexibility index (Phi) is 7.58. The normalized spacial score (nSPS) is 22.8. The van der Waals surface area contributed by atoms with Crippen LogP contribution in [0.15, 0.2) is 0 Å². The molecule has 148 valence electrons. The zero-order valence-electron chi connectivity index (χ0n) is 18.2. The maximum absolute atomic E-state index is 12.6. The summed E-state index contributed by atoms with van der Waals surface area (Å²) in [5.74, 6) is 0. The van der Waals surface area contributed by atoms with Crippen molar-refractivity contribution in [2.75, 3.05) is 6.54 Å². The van der Waals surface area contributed by atoms with Crippen molar-refractivity contribution in [1.82, 2.24) is 4.90 Å². The Morgan fingerprint density at radius 3 is 1.92 bits per heavy atom. The van der Waals surface area contributed by atoms with Crippen molar-refractivity contribution in [2.45, 2.75) is 116 Å². The molecular formula is C20H41NO3Si. The molecule has 25 heavy (non-hydrogen) atoms. The van der Waals surface area contributed by atoms with Crippen LogP contribution in [0, 0.1) is 0 Å². The molecule has 0 saturated carbocycles. The van der Waals surface area contributed by atoms with Crippen LogP contribution in [0.5, 0.6) is 0 Å². The minimum atomic E-state index is -1.95. The first kappa shape index (κ1) is 22.5. The number of carbonyl (C=O) groups excluding carboxylic acids is 1. The molecular weight excluding hydrogens is 330 g/mol. The number of nitrogens with zero attached hydrogens (tertiary/aromatic N) is 1. The number of hydrogen-bond acceptors (Lipinski definition) is 3. The lowest BCUT2D eigenvalue weighted by molar-refractivity contribution is -0.0156. The van der Waals surface area contributed by atoms with E-state index in [0.717, 1.165) is 19.4 Å². The van der Waals surface area contributed by atoms with E-state index in [4.69, 9.17) is 9.16 Å². The van der Waals surface area contributed by atoms with E-state index in [1.807, 2.05) is 25.7 Å². The van der Waals surface area contributed by atoms with Crippen molar-refractivity contribution in [2.24, 2.45) is 0 Å². The fourth-order valence-corrected chi connectivity index (χ4v) is 10.2. The Morgan fingerprint density at radius 2 is 1.52 bits per heavy atom. The number of piperidine rings is 1. The number of rotatable bonds is 5. The van der Waals surface area contributed by atoms with E-state index >= 15 is 0 Å². The van der Waals surface area contributed by atoms with Gasteiger partial charge in [0.05, 0.1) is 12.1 Å². The molecule has 1 rings (SSSR count). The van der Waals surface area contributed by atoms with Crippen molar-refractivity contribution in [3.8, 4) is 0 Å². The molecule has 0 bridgehead atoms. The smallest absolute Gasteiger partial charge is 0.410 e. The molecule has 0 aromatic heterocycles. The van der Waals surface area contributed by atoms with Gasteiger partial charge in [-0.25, -0.2) is 4.79 Å².